The van der Waals surface area contributed by atoms with Crippen LogP contribution in [0.25, 0.3) is 0 Å². The van der Waals surface area contributed by atoms with Crippen molar-refractivity contribution in [3.8, 4) is 0 Å². The van der Waals surface area contributed by atoms with Crippen LogP contribution in [0.2, 0.25) is 0 Å². The van der Waals surface area contributed by atoms with E-state index in [2.05, 4.69) is 5.32 Å². The van der Waals surface area contributed by atoms with Crippen molar-refractivity contribution in [1.29, 1.82) is 0 Å². The van der Waals surface area contributed by atoms with Gasteiger partial charge < -0.3 is 10.4 Å². The predicted molar refractivity (Wildman–Crippen MR) is 88.6 cm³/mol. The third-order valence-electron chi connectivity index (χ3n) is 3.71. The van der Waals surface area contributed by atoms with Crippen LogP contribution in [0.3, 0.4) is 0 Å². The van der Waals surface area contributed by atoms with Crippen molar-refractivity contribution < 1.29 is 9.90 Å². The smallest absolute Gasteiger partial charge is 0.220 e. The van der Waals surface area contributed by atoms with Crippen LogP contribution >= 0.6 is 0 Å². The van der Waals surface area contributed by atoms with Crippen molar-refractivity contribution >= 4 is 5.91 Å². The van der Waals surface area contributed by atoms with E-state index >= 15 is 0 Å². The molecule has 0 aromatic heterocycles. The quantitative estimate of drug-likeness (QED) is 0.825. The lowest BCUT2D eigenvalue weighted by atomic mass is 9.97. The largest absolute Gasteiger partial charge is 0.391 e. The number of nitrogens with one attached hydrogen (secondary N) is 1. The van der Waals surface area contributed by atoms with Crippen LogP contribution in [0.5, 0.6) is 0 Å². The monoisotopic (exact) mass is 297 g/mol. The standard InChI is InChI=1S/C19H23NO2/c1-15(17-10-6-3-7-11-17)12-19(22)20-14-18(21)13-16-8-4-2-5-9-16/h2-11,15,18,21H,12-14H2,1H3,(H,20,22)/t15-,18-/m1/s1. The molecule has 0 heterocycles. The Morgan fingerprint density at radius 3 is 2.27 bits per heavy atom. The minimum atomic E-state index is -0.557. The molecule has 2 aromatic rings. The van der Waals surface area contributed by atoms with Crippen molar-refractivity contribution in [2.75, 3.05) is 6.54 Å². The molecule has 0 saturated carbocycles. The molecule has 0 aliphatic heterocycles. The van der Waals surface area contributed by atoms with Crippen LogP contribution < -0.4 is 5.32 Å². The zero-order valence-corrected chi connectivity index (χ0v) is 12.9. The number of carbonyl (C=O) groups is 1. The zero-order valence-electron chi connectivity index (χ0n) is 12.9. The van der Waals surface area contributed by atoms with Crippen LogP contribution in [-0.4, -0.2) is 23.7 Å². The molecule has 2 atom stereocenters. The first-order chi connectivity index (χ1) is 10.6. The van der Waals surface area contributed by atoms with E-state index in [1.807, 2.05) is 67.6 Å². The van der Waals surface area contributed by atoms with Gasteiger partial charge in [0.15, 0.2) is 0 Å². The van der Waals surface area contributed by atoms with Crippen molar-refractivity contribution in [2.24, 2.45) is 0 Å². The molecule has 3 heteroatoms. The topological polar surface area (TPSA) is 49.3 Å². The fourth-order valence-corrected chi connectivity index (χ4v) is 2.44. The molecule has 1 amide bonds. The highest BCUT2D eigenvalue weighted by Gasteiger charge is 2.12. The third kappa shape index (κ3) is 5.34. The number of hydrogen-bond acceptors (Lipinski definition) is 2. The zero-order chi connectivity index (χ0) is 15.8. The van der Waals surface area contributed by atoms with E-state index in [9.17, 15) is 9.90 Å². The van der Waals surface area contributed by atoms with Gasteiger partial charge in [0.25, 0.3) is 0 Å². The van der Waals surface area contributed by atoms with E-state index in [0.717, 1.165) is 11.1 Å². The number of aliphatic hydroxyl groups excluding tert-OH is 1. The number of rotatable bonds is 7. The van der Waals surface area contributed by atoms with Crippen molar-refractivity contribution in [3.63, 3.8) is 0 Å². The van der Waals surface area contributed by atoms with Gasteiger partial charge >= 0.3 is 0 Å². The molecule has 0 aliphatic rings. The van der Waals surface area contributed by atoms with E-state index in [1.54, 1.807) is 0 Å². The molecule has 3 nitrogen and oxygen atoms in total. The van der Waals surface area contributed by atoms with Crippen LogP contribution in [0.15, 0.2) is 60.7 Å². The Bertz CT molecular complexity index is 569. The minimum absolute atomic E-state index is 0.0246. The maximum atomic E-state index is 12.0. The summed E-state index contributed by atoms with van der Waals surface area (Å²) in [5, 5.41) is 12.8. The predicted octanol–water partition coefficient (Wildman–Crippen LogP) is 2.90. The van der Waals surface area contributed by atoms with Gasteiger partial charge in [-0.05, 0) is 17.0 Å². The Labute approximate surface area is 132 Å². The van der Waals surface area contributed by atoms with Crippen LogP contribution in [0.1, 0.15) is 30.4 Å². The third-order valence-corrected chi connectivity index (χ3v) is 3.71. The average molecular weight is 297 g/mol. The Morgan fingerprint density at radius 1 is 1.05 bits per heavy atom. The summed E-state index contributed by atoms with van der Waals surface area (Å²) in [6.45, 7) is 2.32. The Morgan fingerprint density at radius 2 is 1.64 bits per heavy atom. The van der Waals surface area contributed by atoms with Gasteiger partial charge in [0.05, 0.1) is 6.10 Å². The second kappa shape index (κ2) is 8.35. The minimum Gasteiger partial charge on any atom is -0.391 e. The van der Waals surface area contributed by atoms with Crippen molar-refractivity contribution in [1.82, 2.24) is 5.32 Å². The number of carbonyl (C=O) groups excluding carboxylic acids is 1. The normalized spacial score (nSPS) is 13.4. The number of amides is 1. The number of benzene rings is 2. The lowest BCUT2D eigenvalue weighted by molar-refractivity contribution is -0.121. The molecule has 0 aliphatic carbocycles. The van der Waals surface area contributed by atoms with E-state index in [4.69, 9.17) is 0 Å². The Balaban J connectivity index is 1.73. The molecule has 0 bridgehead atoms. The van der Waals surface area contributed by atoms with E-state index in [0.29, 0.717) is 12.8 Å². The Hall–Kier alpha value is -2.13. The molecule has 0 saturated heterocycles. The molecular formula is C19H23NO2. The SMILES string of the molecule is C[C@H](CC(=O)NC[C@H](O)Cc1ccccc1)c1ccccc1. The van der Waals surface area contributed by atoms with Crippen LogP contribution in [-0.2, 0) is 11.2 Å². The van der Waals surface area contributed by atoms with Crippen LogP contribution in [0, 0.1) is 0 Å². The summed E-state index contributed by atoms with van der Waals surface area (Å²) >= 11 is 0. The van der Waals surface area contributed by atoms with Crippen molar-refractivity contribution in [3.05, 3.63) is 71.8 Å². The summed E-state index contributed by atoms with van der Waals surface area (Å²) in [7, 11) is 0. The molecule has 116 valence electrons. The van der Waals surface area contributed by atoms with Gasteiger partial charge in [-0.2, -0.15) is 0 Å². The van der Waals surface area contributed by atoms with Gasteiger partial charge in [-0.25, -0.2) is 0 Å². The summed E-state index contributed by atoms with van der Waals surface area (Å²) in [5.74, 6) is 0.149. The van der Waals surface area contributed by atoms with Gasteiger partial charge in [-0.3, -0.25) is 4.79 Å². The molecule has 2 rings (SSSR count). The van der Waals surface area contributed by atoms with E-state index in [-0.39, 0.29) is 18.4 Å². The van der Waals surface area contributed by atoms with Crippen molar-refractivity contribution in [2.45, 2.75) is 31.8 Å². The van der Waals surface area contributed by atoms with Gasteiger partial charge in [-0.15, -0.1) is 0 Å². The number of hydrogen-bond donors (Lipinski definition) is 2. The molecule has 2 aromatic carbocycles. The summed E-state index contributed by atoms with van der Waals surface area (Å²) in [6.07, 6.45) is 0.427. The highest BCUT2D eigenvalue weighted by Crippen LogP contribution is 2.17. The second-order valence-electron chi connectivity index (χ2n) is 5.66. The Kier molecular flexibility index (Phi) is 6.16. The molecule has 2 N–H and O–H groups in total. The fourth-order valence-electron chi connectivity index (χ4n) is 2.44. The van der Waals surface area contributed by atoms with E-state index in [1.165, 1.54) is 0 Å². The maximum absolute atomic E-state index is 12.0. The summed E-state index contributed by atoms with van der Waals surface area (Å²) in [4.78, 5) is 12.0. The lowest BCUT2D eigenvalue weighted by Gasteiger charge is -2.14. The van der Waals surface area contributed by atoms with Gasteiger partial charge in [0.2, 0.25) is 5.91 Å². The molecule has 0 fully saturated rings. The molecular weight excluding hydrogens is 274 g/mol. The number of aliphatic hydroxyl groups is 1. The average Bonchev–Trinajstić information content (AvgIpc) is 2.55. The molecule has 0 unspecified atom stereocenters. The molecule has 0 radical (unpaired) electrons. The summed E-state index contributed by atoms with van der Waals surface area (Å²) in [6, 6.07) is 19.8. The maximum Gasteiger partial charge on any atom is 0.220 e. The highest BCUT2D eigenvalue weighted by atomic mass is 16.3. The fraction of sp³-hybridized carbons (Fsp3) is 0.316. The first-order valence-corrected chi connectivity index (χ1v) is 7.69. The van der Waals surface area contributed by atoms with Crippen LogP contribution in [0.4, 0.5) is 0 Å². The first kappa shape index (κ1) is 16.2. The second-order valence-corrected chi connectivity index (χ2v) is 5.66. The van der Waals surface area contributed by atoms with Gasteiger partial charge in [0, 0.05) is 19.4 Å². The summed E-state index contributed by atoms with van der Waals surface area (Å²) < 4.78 is 0. The van der Waals surface area contributed by atoms with E-state index < -0.39 is 6.10 Å². The highest BCUT2D eigenvalue weighted by molar-refractivity contribution is 5.76. The molecule has 0 spiro atoms. The summed E-state index contributed by atoms with van der Waals surface area (Å²) in [5.41, 5.74) is 2.23. The molecule has 22 heavy (non-hydrogen) atoms. The first-order valence-electron chi connectivity index (χ1n) is 7.69. The lowest BCUT2D eigenvalue weighted by Crippen LogP contribution is -2.33. The van der Waals surface area contributed by atoms with Gasteiger partial charge in [-0.1, -0.05) is 67.6 Å². The van der Waals surface area contributed by atoms with Gasteiger partial charge in [0.1, 0.15) is 0 Å².